The van der Waals surface area contributed by atoms with Crippen molar-refractivity contribution in [2.45, 2.75) is 25.9 Å². The summed E-state index contributed by atoms with van der Waals surface area (Å²) in [5, 5.41) is 10.6. The number of halogens is 2. The number of benzene rings is 2. The van der Waals surface area contributed by atoms with Crippen LogP contribution in [0.3, 0.4) is 0 Å². The smallest absolute Gasteiger partial charge is 0.125 e. The Morgan fingerprint density at radius 3 is 2.76 bits per heavy atom. The Kier molecular flexibility index (Phi) is 4.38. The first-order valence-electron chi connectivity index (χ1n) is 6.93. The second kappa shape index (κ2) is 6.11. The third kappa shape index (κ3) is 3.17. The van der Waals surface area contributed by atoms with Gasteiger partial charge < -0.3 is 9.84 Å². The van der Waals surface area contributed by atoms with E-state index in [0.717, 1.165) is 44.4 Å². The van der Waals surface area contributed by atoms with Gasteiger partial charge in [-0.15, -0.1) is 0 Å². The normalized spacial score (nSPS) is 14.7. The molecule has 0 radical (unpaired) electrons. The fraction of sp³-hybridized carbons (Fsp3) is 0.294. The molecule has 2 aromatic carbocycles. The van der Waals surface area contributed by atoms with Gasteiger partial charge >= 0.3 is 0 Å². The highest BCUT2D eigenvalue weighted by atomic mass is 79.9. The lowest BCUT2D eigenvalue weighted by Gasteiger charge is -2.16. The molecular weight excluding hydrogens is 396 g/mol. The number of hydrogen-bond donors (Lipinski definition) is 1. The predicted molar refractivity (Wildman–Crippen MR) is 90.9 cm³/mol. The fourth-order valence-corrected chi connectivity index (χ4v) is 3.86. The van der Waals surface area contributed by atoms with Crippen molar-refractivity contribution < 1.29 is 9.84 Å². The average molecular weight is 412 g/mol. The highest BCUT2D eigenvalue weighted by molar-refractivity contribution is 9.10. The van der Waals surface area contributed by atoms with Crippen LogP contribution in [0.4, 0.5) is 0 Å². The van der Waals surface area contributed by atoms with Crippen LogP contribution in [-0.2, 0) is 12.8 Å². The Balaban J connectivity index is 1.90. The van der Waals surface area contributed by atoms with Gasteiger partial charge in [0.15, 0.2) is 0 Å². The number of fused-ring (bicyclic) bond motifs is 1. The van der Waals surface area contributed by atoms with Gasteiger partial charge in [-0.2, -0.15) is 0 Å². The Bertz CT molecular complexity index is 683. The molecule has 0 aliphatic carbocycles. The van der Waals surface area contributed by atoms with Crippen LogP contribution in [0, 0.1) is 6.92 Å². The molecule has 4 heteroatoms. The second-order valence-corrected chi connectivity index (χ2v) is 7.20. The van der Waals surface area contributed by atoms with Gasteiger partial charge in [0.1, 0.15) is 5.75 Å². The summed E-state index contributed by atoms with van der Waals surface area (Å²) in [7, 11) is 0. The van der Waals surface area contributed by atoms with Crippen molar-refractivity contribution in [2.24, 2.45) is 0 Å². The van der Waals surface area contributed by atoms with Gasteiger partial charge in [0.05, 0.1) is 12.7 Å². The highest BCUT2D eigenvalue weighted by Crippen LogP contribution is 2.36. The molecule has 1 heterocycles. The fourth-order valence-electron chi connectivity index (χ4n) is 2.83. The molecule has 0 spiro atoms. The lowest BCUT2D eigenvalue weighted by Crippen LogP contribution is -2.05. The lowest BCUT2D eigenvalue weighted by atomic mass is 9.96. The van der Waals surface area contributed by atoms with Crippen molar-refractivity contribution in [2.75, 3.05) is 6.61 Å². The molecule has 1 aliphatic heterocycles. The van der Waals surface area contributed by atoms with Gasteiger partial charge in [0.25, 0.3) is 0 Å². The van der Waals surface area contributed by atoms with Crippen molar-refractivity contribution in [1.82, 2.24) is 0 Å². The maximum atomic E-state index is 10.6. The zero-order valence-electron chi connectivity index (χ0n) is 11.7. The van der Waals surface area contributed by atoms with Crippen molar-refractivity contribution in [3.8, 4) is 5.75 Å². The van der Waals surface area contributed by atoms with E-state index in [1.165, 1.54) is 5.56 Å². The summed E-state index contributed by atoms with van der Waals surface area (Å²) < 4.78 is 7.80. The van der Waals surface area contributed by atoms with Crippen molar-refractivity contribution in [3.63, 3.8) is 0 Å². The van der Waals surface area contributed by atoms with E-state index in [4.69, 9.17) is 4.74 Å². The van der Waals surface area contributed by atoms with E-state index < -0.39 is 6.10 Å². The number of aliphatic hydroxyl groups is 1. The lowest BCUT2D eigenvalue weighted by molar-refractivity contribution is 0.176. The Morgan fingerprint density at radius 1 is 1.19 bits per heavy atom. The quantitative estimate of drug-likeness (QED) is 0.790. The molecule has 2 nitrogen and oxygen atoms in total. The van der Waals surface area contributed by atoms with Crippen LogP contribution in [0.1, 0.15) is 28.4 Å². The van der Waals surface area contributed by atoms with Gasteiger partial charge in [0, 0.05) is 21.8 Å². The minimum Gasteiger partial charge on any atom is -0.493 e. The molecular formula is C17H16Br2O2. The summed E-state index contributed by atoms with van der Waals surface area (Å²) in [4.78, 5) is 0. The summed E-state index contributed by atoms with van der Waals surface area (Å²) in [5.41, 5.74) is 4.33. The zero-order chi connectivity index (χ0) is 15.0. The Labute approximate surface area is 141 Å². The third-order valence-corrected chi connectivity index (χ3v) is 4.78. The zero-order valence-corrected chi connectivity index (χ0v) is 14.9. The van der Waals surface area contributed by atoms with Gasteiger partial charge in [-0.05, 0) is 53.4 Å². The molecule has 1 aliphatic rings. The summed E-state index contributed by atoms with van der Waals surface area (Å²) in [6, 6.07) is 10.1. The molecule has 0 aromatic heterocycles. The van der Waals surface area contributed by atoms with Crippen molar-refractivity contribution >= 4 is 31.9 Å². The molecule has 2 aromatic rings. The van der Waals surface area contributed by atoms with E-state index in [2.05, 4.69) is 37.9 Å². The average Bonchev–Trinajstić information content (AvgIpc) is 2.86. The molecule has 1 N–H and O–H groups in total. The number of ether oxygens (including phenoxy) is 1. The van der Waals surface area contributed by atoms with Crippen LogP contribution in [0.25, 0.3) is 0 Å². The standard InChI is InChI=1S/C17H16Br2O2/c1-10-6-13(18)2-3-15(10)16(20)9-12-8-14(19)7-11-4-5-21-17(11)12/h2-3,6-8,16,20H,4-5,9H2,1H3. The van der Waals surface area contributed by atoms with Gasteiger partial charge in [-0.1, -0.05) is 37.9 Å². The maximum Gasteiger partial charge on any atom is 0.125 e. The highest BCUT2D eigenvalue weighted by Gasteiger charge is 2.20. The van der Waals surface area contributed by atoms with Crippen LogP contribution in [0.5, 0.6) is 5.75 Å². The van der Waals surface area contributed by atoms with Crippen LogP contribution in [-0.4, -0.2) is 11.7 Å². The van der Waals surface area contributed by atoms with Crippen LogP contribution < -0.4 is 4.74 Å². The number of aliphatic hydroxyl groups excluding tert-OH is 1. The van der Waals surface area contributed by atoms with Gasteiger partial charge in [-0.3, -0.25) is 0 Å². The predicted octanol–water partition coefficient (Wildman–Crippen LogP) is 4.73. The van der Waals surface area contributed by atoms with Gasteiger partial charge in [-0.25, -0.2) is 0 Å². The van der Waals surface area contributed by atoms with E-state index in [9.17, 15) is 5.11 Å². The van der Waals surface area contributed by atoms with Crippen LogP contribution >= 0.6 is 31.9 Å². The molecule has 0 bridgehead atoms. The molecule has 21 heavy (non-hydrogen) atoms. The summed E-state index contributed by atoms with van der Waals surface area (Å²) in [5.74, 6) is 0.951. The largest absolute Gasteiger partial charge is 0.493 e. The Hall–Kier alpha value is -0.840. The monoisotopic (exact) mass is 410 g/mol. The molecule has 0 fully saturated rings. The first-order chi connectivity index (χ1) is 10.0. The molecule has 0 saturated heterocycles. The number of aryl methyl sites for hydroxylation is 1. The van der Waals surface area contributed by atoms with E-state index in [0.29, 0.717) is 6.42 Å². The van der Waals surface area contributed by atoms with E-state index in [-0.39, 0.29) is 0 Å². The molecule has 0 saturated carbocycles. The SMILES string of the molecule is Cc1cc(Br)ccc1C(O)Cc1cc(Br)cc2c1OCC2. The minimum absolute atomic E-state index is 0.527. The third-order valence-electron chi connectivity index (χ3n) is 3.83. The first kappa shape index (κ1) is 15.1. The van der Waals surface area contributed by atoms with Crippen molar-refractivity contribution in [3.05, 3.63) is 61.5 Å². The van der Waals surface area contributed by atoms with Crippen LogP contribution in [0.2, 0.25) is 0 Å². The summed E-state index contributed by atoms with van der Waals surface area (Å²) in [6.45, 7) is 2.75. The summed E-state index contributed by atoms with van der Waals surface area (Å²) in [6.07, 6.45) is 0.972. The van der Waals surface area contributed by atoms with Gasteiger partial charge in [0.2, 0.25) is 0 Å². The van der Waals surface area contributed by atoms with E-state index in [1.54, 1.807) is 0 Å². The second-order valence-electron chi connectivity index (χ2n) is 5.37. The topological polar surface area (TPSA) is 29.5 Å². The Morgan fingerprint density at radius 2 is 2.00 bits per heavy atom. The van der Waals surface area contributed by atoms with Crippen molar-refractivity contribution in [1.29, 1.82) is 0 Å². The van der Waals surface area contributed by atoms with Crippen LogP contribution in [0.15, 0.2) is 39.3 Å². The van der Waals surface area contributed by atoms with E-state index >= 15 is 0 Å². The molecule has 0 amide bonds. The first-order valence-corrected chi connectivity index (χ1v) is 8.51. The van der Waals surface area contributed by atoms with E-state index in [1.807, 2.05) is 31.2 Å². The molecule has 1 unspecified atom stereocenters. The molecule has 110 valence electrons. The number of hydrogen-bond acceptors (Lipinski definition) is 2. The minimum atomic E-state index is -0.527. The maximum absolute atomic E-state index is 10.6. The summed E-state index contributed by atoms with van der Waals surface area (Å²) >= 11 is 7.00. The molecule has 3 rings (SSSR count). The number of rotatable bonds is 3. The molecule has 1 atom stereocenters.